The summed E-state index contributed by atoms with van der Waals surface area (Å²) in [4.78, 5) is 12.1. The minimum Gasteiger partial charge on any atom is -0.348 e. The fourth-order valence-electron chi connectivity index (χ4n) is 1.78. The fraction of sp³-hybridized carbons (Fsp3) is 0.133. The van der Waals surface area contributed by atoms with Crippen LogP contribution in [-0.2, 0) is 16.6 Å². The number of benzene rings is 2. The van der Waals surface area contributed by atoms with Crippen LogP contribution >= 0.6 is 0 Å². The number of carbonyl (C=O) groups excluding carboxylic acids is 1. The lowest BCUT2D eigenvalue weighted by Gasteiger charge is -2.07. The summed E-state index contributed by atoms with van der Waals surface area (Å²) < 4.78 is 25.4. The third-order valence-electron chi connectivity index (χ3n) is 2.99. The predicted molar refractivity (Wildman–Crippen MR) is 80.3 cm³/mol. The molecule has 0 aliphatic carbocycles. The van der Waals surface area contributed by atoms with Crippen molar-refractivity contribution in [2.24, 2.45) is 0 Å². The smallest absolute Gasteiger partial charge is 0.251 e. The van der Waals surface area contributed by atoms with E-state index in [0.717, 1.165) is 5.56 Å². The molecule has 0 aliphatic heterocycles. The molecule has 5 nitrogen and oxygen atoms in total. The highest BCUT2D eigenvalue weighted by molar-refractivity contribution is 7.89. The zero-order valence-corrected chi connectivity index (χ0v) is 12.4. The van der Waals surface area contributed by atoms with Crippen molar-refractivity contribution in [3.05, 3.63) is 65.7 Å². The molecule has 0 aliphatic rings. The molecule has 2 rings (SSSR count). The second-order valence-corrected chi connectivity index (χ2v) is 6.29. The van der Waals surface area contributed by atoms with E-state index in [1.807, 2.05) is 6.07 Å². The molecule has 2 N–H and O–H groups in total. The van der Waals surface area contributed by atoms with Crippen LogP contribution in [0.2, 0.25) is 0 Å². The van der Waals surface area contributed by atoms with Crippen LogP contribution in [0.1, 0.15) is 15.9 Å². The van der Waals surface area contributed by atoms with Gasteiger partial charge in [0.05, 0.1) is 4.90 Å². The van der Waals surface area contributed by atoms with Crippen molar-refractivity contribution in [2.45, 2.75) is 11.4 Å². The van der Waals surface area contributed by atoms with Gasteiger partial charge in [0.15, 0.2) is 0 Å². The molecule has 0 aromatic heterocycles. The number of hydrogen-bond donors (Lipinski definition) is 2. The first kappa shape index (κ1) is 15.2. The van der Waals surface area contributed by atoms with Crippen molar-refractivity contribution in [2.75, 3.05) is 7.05 Å². The number of rotatable bonds is 5. The highest BCUT2D eigenvalue weighted by Gasteiger charge is 2.10. The monoisotopic (exact) mass is 304 g/mol. The summed E-state index contributed by atoms with van der Waals surface area (Å²) in [6, 6.07) is 15.3. The minimum atomic E-state index is -3.43. The van der Waals surface area contributed by atoms with E-state index in [1.165, 1.54) is 19.2 Å². The summed E-state index contributed by atoms with van der Waals surface area (Å²) in [6.45, 7) is 0.341. The second kappa shape index (κ2) is 6.51. The topological polar surface area (TPSA) is 75.3 Å². The summed E-state index contributed by atoms with van der Waals surface area (Å²) in [5, 5.41) is 2.78. The molecular formula is C15H16N2O3S. The number of carbonyl (C=O) groups is 1. The van der Waals surface area contributed by atoms with Gasteiger partial charge in [-0.1, -0.05) is 30.3 Å². The van der Waals surface area contributed by atoms with E-state index in [1.54, 1.807) is 36.4 Å². The van der Waals surface area contributed by atoms with Gasteiger partial charge in [0.25, 0.3) is 5.91 Å². The first-order valence-corrected chi connectivity index (χ1v) is 7.87. The van der Waals surface area contributed by atoms with E-state index in [2.05, 4.69) is 10.0 Å². The van der Waals surface area contributed by atoms with Crippen LogP contribution < -0.4 is 10.0 Å². The van der Waals surface area contributed by atoms with E-state index in [9.17, 15) is 13.2 Å². The SMILES string of the molecule is CNS(=O)(=O)c1ccc(CNC(=O)c2ccccc2)cc1. The van der Waals surface area contributed by atoms with E-state index in [-0.39, 0.29) is 10.8 Å². The molecule has 0 bridgehead atoms. The van der Waals surface area contributed by atoms with Gasteiger partial charge < -0.3 is 5.32 Å². The maximum atomic E-state index is 11.9. The second-order valence-electron chi connectivity index (χ2n) is 4.40. The fourth-order valence-corrected chi connectivity index (χ4v) is 2.51. The Morgan fingerprint density at radius 1 is 1.00 bits per heavy atom. The van der Waals surface area contributed by atoms with Crippen LogP contribution in [0.3, 0.4) is 0 Å². The standard InChI is InChI=1S/C15H16N2O3S/c1-16-21(19,20)14-9-7-12(8-10-14)11-17-15(18)13-5-3-2-4-6-13/h2-10,16H,11H2,1H3,(H,17,18). The van der Waals surface area contributed by atoms with Gasteiger partial charge in [-0.05, 0) is 36.9 Å². The highest BCUT2D eigenvalue weighted by Crippen LogP contribution is 2.10. The molecular weight excluding hydrogens is 288 g/mol. The van der Waals surface area contributed by atoms with Gasteiger partial charge >= 0.3 is 0 Å². The normalized spacial score (nSPS) is 11.1. The number of amides is 1. The summed E-state index contributed by atoms with van der Waals surface area (Å²) in [5.74, 6) is -0.164. The van der Waals surface area contributed by atoms with Gasteiger partial charge in [0.1, 0.15) is 0 Å². The highest BCUT2D eigenvalue weighted by atomic mass is 32.2. The molecule has 0 fully saturated rings. The molecule has 1 amide bonds. The molecule has 0 radical (unpaired) electrons. The molecule has 0 heterocycles. The van der Waals surface area contributed by atoms with Crippen LogP contribution in [0.5, 0.6) is 0 Å². The van der Waals surface area contributed by atoms with Crippen LogP contribution in [0.25, 0.3) is 0 Å². The van der Waals surface area contributed by atoms with Crippen molar-refractivity contribution in [1.29, 1.82) is 0 Å². The Morgan fingerprint density at radius 3 is 2.19 bits per heavy atom. The van der Waals surface area contributed by atoms with Gasteiger partial charge in [-0.2, -0.15) is 0 Å². The maximum Gasteiger partial charge on any atom is 0.251 e. The average Bonchev–Trinajstić information content (AvgIpc) is 2.54. The van der Waals surface area contributed by atoms with Gasteiger partial charge in [0.2, 0.25) is 10.0 Å². The molecule has 2 aromatic carbocycles. The molecule has 0 saturated heterocycles. The maximum absolute atomic E-state index is 11.9. The van der Waals surface area contributed by atoms with E-state index >= 15 is 0 Å². The first-order valence-electron chi connectivity index (χ1n) is 6.38. The first-order chi connectivity index (χ1) is 10.0. The van der Waals surface area contributed by atoms with Crippen molar-refractivity contribution in [3.8, 4) is 0 Å². The number of sulfonamides is 1. The molecule has 0 atom stereocenters. The molecule has 2 aromatic rings. The van der Waals surface area contributed by atoms with Crippen molar-refractivity contribution < 1.29 is 13.2 Å². The lowest BCUT2D eigenvalue weighted by atomic mass is 10.2. The Hall–Kier alpha value is -2.18. The van der Waals surface area contributed by atoms with Crippen molar-refractivity contribution in [1.82, 2.24) is 10.0 Å². The molecule has 6 heteroatoms. The zero-order chi connectivity index (χ0) is 15.3. The van der Waals surface area contributed by atoms with Gasteiger partial charge in [-0.3, -0.25) is 4.79 Å². The molecule has 110 valence electrons. The largest absolute Gasteiger partial charge is 0.348 e. The summed E-state index contributed by atoms with van der Waals surface area (Å²) >= 11 is 0. The summed E-state index contributed by atoms with van der Waals surface area (Å²) in [5.41, 5.74) is 1.42. The summed E-state index contributed by atoms with van der Waals surface area (Å²) in [7, 11) is -2.06. The van der Waals surface area contributed by atoms with Gasteiger partial charge in [-0.25, -0.2) is 13.1 Å². The van der Waals surface area contributed by atoms with Gasteiger partial charge in [0, 0.05) is 12.1 Å². The Kier molecular flexibility index (Phi) is 4.72. The molecule has 0 saturated carbocycles. The quantitative estimate of drug-likeness (QED) is 0.879. The summed E-state index contributed by atoms with van der Waals surface area (Å²) in [6.07, 6.45) is 0. The molecule has 0 spiro atoms. The molecule has 21 heavy (non-hydrogen) atoms. The third-order valence-corrected chi connectivity index (χ3v) is 4.42. The minimum absolute atomic E-state index is 0.164. The van der Waals surface area contributed by atoms with Crippen molar-refractivity contribution in [3.63, 3.8) is 0 Å². The van der Waals surface area contributed by atoms with Crippen LogP contribution in [-0.4, -0.2) is 21.4 Å². The van der Waals surface area contributed by atoms with Crippen molar-refractivity contribution >= 4 is 15.9 Å². The van der Waals surface area contributed by atoms with E-state index in [4.69, 9.17) is 0 Å². The Bertz CT molecular complexity index is 710. The van der Waals surface area contributed by atoms with Crippen LogP contribution in [0.4, 0.5) is 0 Å². The number of hydrogen-bond acceptors (Lipinski definition) is 3. The Labute approximate surface area is 124 Å². The Morgan fingerprint density at radius 2 is 1.62 bits per heavy atom. The predicted octanol–water partition coefficient (Wildman–Crippen LogP) is 1.52. The molecule has 0 unspecified atom stereocenters. The number of nitrogens with one attached hydrogen (secondary N) is 2. The zero-order valence-electron chi connectivity index (χ0n) is 11.5. The van der Waals surface area contributed by atoms with Crippen LogP contribution in [0.15, 0.2) is 59.5 Å². The third kappa shape index (κ3) is 3.90. The van der Waals surface area contributed by atoms with Gasteiger partial charge in [-0.15, -0.1) is 0 Å². The average molecular weight is 304 g/mol. The van der Waals surface area contributed by atoms with E-state index in [0.29, 0.717) is 12.1 Å². The van der Waals surface area contributed by atoms with Crippen LogP contribution in [0, 0.1) is 0 Å². The Balaban J connectivity index is 2.00. The lowest BCUT2D eigenvalue weighted by Crippen LogP contribution is -2.23. The van der Waals surface area contributed by atoms with E-state index < -0.39 is 10.0 Å². The lowest BCUT2D eigenvalue weighted by molar-refractivity contribution is 0.0951.